The molecule has 1 rings (SSSR count). The zero-order chi connectivity index (χ0) is 13.1. The lowest BCUT2D eigenvalue weighted by molar-refractivity contribution is 0.588. The highest BCUT2D eigenvalue weighted by Crippen LogP contribution is 2.26. The third-order valence-corrected chi connectivity index (χ3v) is 4.03. The van der Waals surface area contributed by atoms with E-state index in [2.05, 4.69) is 10.0 Å². The summed E-state index contributed by atoms with van der Waals surface area (Å²) >= 11 is 5.89. The molecule has 0 aliphatic carbocycles. The fourth-order valence-electron chi connectivity index (χ4n) is 1.32. The lowest BCUT2D eigenvalue weighted by Gasteiger charge is -2.11. The van der Waals surface area contributed by atoms with Gasteiger partial charge < -0.3 is 11.1 Å². The number of hydrogen-bond acceptors (Lipinski definition) is 4. The number of sulfonamides is 1. The van der Waals surface area contributed by atoms with Gasteiger partial charge in [0.05, 0.1) is 16.5 Å². The third kappa shape index (κ3) is 4.07. The highest BCUT2D eigenvalue weighted by molar-refractivity contribution is 7.89. The molecule has 0 radical (unpaired) electrons. The van der Waals surface area contributed by atoms with Gasteiger partial charge in [-0.25, -0.2) is 13.1 Å². The molecule has 0 amide bonds. The molecule has 0 saturated carbocycles. The second-order valence-corrected chi connectivity index (χ2v) is 6.09. The minimum Gasteiger partial charge on any atom is -0.398 e. The molecule has 0 unspecified atom stereocenters. The Kier molecular flexibility index (Phi) is 4.62. The number of halogens is 1. The van der Waals surface area contributed by atoms with E-state index in [1.54, 1.807) is 12.1 Å². The van der Waals surface area contributed by atoms with Crippen LogP contribution in [0.15, 0.2) is 12.1 Å². The van der Waals surface area contributed by atoms with Crippen molar-refractivity contribution in [1.29, 1.82) is 0 Å². The normalized spacial score (nSPS) is 11.5. The number of aryl methyl sites for hydroxylation is 1. The molecular weight excluding hydrogens is 262 g/mol. The van der Waals surface area contributed by atoms with Crippen molar-refractivity contribution in [3.63, 3.8) is 0 Å². The van der Waals surface area contributed by atoms with Crippen molar-refractivity contribution in [3.8, 4) is 0 Å². The molecule has 0 aliphatic rings. The second-order valence-electron chi connectivity index (χ2n) is 3.64. The smallest absolute Gasteiger partial charge is 0.213 e. The van der Waals surface area contributed by atoms with E-state index in [9.17, 15) is 8.42 Å². The molecule has 0 aromatic heterocycles. The maximum Gasteiger partial charge on any atom is 0.213 e. The predicted octanol–water partition coefficient (Wildman–Crippen LogP) is 1.19. The van der Waals surface area contributed by atoms with E-state index in [4.69, 9.17) is 17.3 Å². The first kappa shape index (κ1) is 14.1. The van der Waals surface area contributed by atoms with Gasteiger partial charge >= 0.3 is 0 Å². The van der Waals surface area contributed by atoms with E-state index in [0.29, 0.717) is 17.3 Å². The van der Waals surface area contributed by atoms with Gasteiger partial charge in [0.25, 0.3) is 0 Å². The summed E-state index contributed by atoms with van der Waals surface area (Å²) in [5, 5.41) is 3.47. The van der Waals surface area contributed by atoms with Crippen LogP contribution in [0.25, 0.3) is 0 Å². The van der Waals surface area contributed by atoms with E-state index < -0.39 is 10.0 Å². The van der Waals surface area contributed by atoms with Crippen molar-refractivity contribution < 1.29 is 8.42 Å². The Morgan fingerprint density at radius 3 is 2.65 bits per heavy atom. The van der Waals surface area contributed by atoms with Crippen molar-refractivity contribution in [1.82, 2.24) is 4.72 Å². The monoisotopic (exact) mass is 277 g/mol. The molecule has 5 nitrogen and oxygen atoms in total. The Labute approximate surface area is 106 Å². The topological polar surface area (TPSA) is 84.2 Å². The summed E-state index contributed by atoms with van der Waals surface area (Å²) in [7, 11) is -1.80. The number of nitrogens with two attached hydrogens (primary N) is 1. The zero-order valence-corrected chi connectivity index (χ0v) is 11.3. The van der Waals surface area contributed by atoms with E-state index >= 15 is 0 Å². The summed E-state index contributed by atoms with van der Waals surface area (Å²) in [6, 6.07) is 3.44. The van der Waals surface area contributed by atoms with Crippen LogP contribution in [0.5, 0.6) is 0 Å². The van der Waals surface area contributed by atoms with E-state index in [1.807, 2.05) is 6.92 Å². The molecule has 1 aromatic carbocycles. The molecule has 1 aromatic rings. The molecule has 0 bridgehead atoms. The molecule has 0 atom stereocenters. The number of anilines is 2. The van der Waals surface area contributed by atoms with Crippen LogP contribution in [0.4, 0.5) is 11.4 Å². The zero-order valence-electron chi connectivity index (χ0n) is 9.75. The third-order valence-electron chi connectivity index (χ3n) is 2.34. The SMILES string of the molecule is CNS(=O)(=O)CCNc1cc(Cl)c(N)cc1C. The highest BCUT2D eigenvalue weighted by Gasteiger charge is 2.07. The Morgan fingerprint density at radius 1 is 1.41 bits per heavy atom. The van der Waals surface area contributed by atoms with Gasteiger partial charge in [-0.05, 0) is 31.7 Å². The van der Waals surface area contributed by atoms with Crippen LogP contribution < -0.4 is 15.8 Å². The van der Waals surface area contributed by atoms with Crippen LogP contribution in [0.3, 0.4) is 0 Å². The summed E-state index contributed by atoms with van der Waals surface area (Å²) in [4.78, 5) is 0. The van der Waals surface area contributed by atoms with Crippen LogP contribution in [0, 0.1) is 6.92 Å². The molecule has 96 valence electrons. The quantitative estimate of drug-likeness (QED) is 0.706. The first-order valence-corrected chi connectivity index (χ1v) is 7.09. The largest absolute Gasteiger partial charge is 0.398 e. The Bertz CT molecular complexity index is 503. The van der Waals surface area contributed by atoms with E-state index in [1.165, 1.54) is 7.05 Å². The molecule has 7 heteroatoms. The second kappa shape index (κ2) is 5.57. The van der Waals surface area contributed by atoms with Gasteiger partial charge in [0.1, 0.15) is 0 Å². The minimum absolute atomic E-state index is 0.00490. The average molecular weight is 278 g/mol. The van der Waals surface area contributed by atoms with Crippen molar-refractivity contribution >= 4 is 33.0 Å². The Hall–Kier alpha value is -0.980. The van der Waals surface area contributed by atoms with E-state index in [-0.39, 0.29) is 5.75 Å². The molecule has 0 aliphatic heterocycles. The number of nitrogens with one attached hydrogen (secondary N) is 2. The summed E-state index contributed by atoms with van der Waals surface area (Å²) in [6.45, 7) is 2.19. The average Bonchev–Trinajstić information content (AvgIpc) is 2.25. The van der Waals surface area contributed by atoms with Gasteiger partial charge in [-0.15, -0.1) is 0 Å². The first-order valence-electron chi connectivity index (χ1n) is 5.06. The molecule has 0 heterocycles. The van der Waals surface area contributed by atoms with Gasteiger partial charge in [-0.1, -0.05) is 11.6 Å². The highest BCUT2D eigenvalue weighted by atomic mass is 35.5. The molecule has 0 spiro atoms. The number of nitrogen functional groups attached to an aromatic ring is 1. The first-order chi connectivity index (χ1) is 7.85. The van der Waals surface area contributed by atoms with Crippen LogP contribution in [0.2, 0.25) is 5.02 Å². The number of hydrogen-bond donors (Lipinski definition) is 3. The number of rotatable bonds is 5. The van der Waals surface area contributed by atoms with Gasteiger partial charge in [0, 0.05) is 12.2 Å². The minimum atomic E-state index is -3.19. The van der Waals surface area contributed by atoms with Gasteiger partial charge in [-0.3, -0.25) is 0 Å². The van der Waals surface area contributed by atoms with E-state index in [0.717, 1.165) is 11.3 Å². The summed E-state index contributed by atoms with van der Waals surface area (Å²) in [5.74, 6) is 0.00490. The van der Waals surface area contributed by atoms with Gasteiger partial charge in [-0.2, -0.15) is 0 Å². The van der Waals surface area contributed by atoms with Crippen molar-refractivity contribution in [2.24, 2.45) is 0 Å². The summed E-state index contributed by atoms with van der Waals surface area (Å²) in [5.41, 5.74) is 7.87. The molecule has 0 saturated heterocycles. The fraction of sp³-hybridized carbons (Fsp3) is 0.400. The van der Waals surface area contributed by atoms with Crippen LogP contribution in [0.1, 0.15) is 5.56 Å². The predicted molar refractivity (Wildman–Crippen MR) is 71.9 cm³/mol. The van der Waals surface area contributed by atoms with Gasteiger partial charge in [0.15, 0.2) is 0 Å². The van der Waals surface area contributed by atoms with Crippen LogP contribution in [-0.2, 0) is 10.0 Å². The van der Waals surface area contributed by atoms with Crippen molar-refractivity contribution in [3.05, 3.63) is 22.7 Å². The van der Waals surface area contributed by atoms with Crippen LogP contribution in [-0.4, -0.2) is 27.8 Å². The van der Waals surface area contributed by atoms with Crippen molar-refractivity contribution in [2.45, 2.75) is 6.92 Å². The number of benzene rings is 1. The lowest BCUT2D eigenvalue weighted by Crippen LogP contribution is -2.26. The lowest BCUT2D eigenvalue weighted by atomic mass is 10.2. The molecular formula is C10H16ClN3O2S. The Morgan fingerprint density at radius 2 is 2.06 bits per heavy atom. The van der Waals surface area contributed by atoms with Crippen molar-refractivity contribution in [2.75, 3.05) is 30.4 Å². The molecule has 4 N–H and O–H groups in total. The molecule has 0 fully saturated rings. The molecule has 17 heavy (non-hydrogen) atoms. The maximum absolute atomic E-state index is 11.2. The van der Waals surface area contributed by atoms with Crippen LogP contribution >= 0.6 is 11.6 Å². The summed E-state index contributed by atoms with van der Waals surface area (Å²) < 4.78 is 24.6. The maximum atomic E-state index is 11.2. The summed E-state index contributed by atoms with van der Waals surface area (Å²) in [6.07, 6.45) is 0. The van der Waals surface area contributed by atoms with Gasteiger partial charge in [0.2, 0.25) is 10.0 Å². The standard InChI is InChI=1S/C10H16ClN3O2S/c1-7-5-9(12)8(11)6-10(7)14-3-4-17(15,16)13-2/h5-6,13-14H,3-4,12H2,1-2H3. The fourth-order valence-corrected chi connectivity index (χ4v) is 2.05. The Balaban J connectivity index is 2.68.